The van der Waals surface area contributed by atoms with Crippen molar-refractivity contribution in [1.29, 1.82) is 0 Å². The first-order valence-electron chi connectivity index (χ1n) is 4.93. The lowest BCUT2D eigenvalue weighted by molar-refractivity contribution is 1.05. The number of hydrogen-bond donors (Lipinski definition) is 0. The fourth-order valence-corrected chi connectivity index (χ4v) is 2.32. The Morgan fingerprint density at radius 3 is 1.64 bits per heavy atom. The topological polar surface area (TPSA) is 0 Å². The molecule has 0 aromatic heterocycles. The van der Waals surface area contributed by atoms with Crippen LogP contribution in [-0.4, -0.2) is 24.0 Å². The smallest absolute Gasteiger partial charge is 0.00297 e. The van der Waals surface area contributed by atoms with E-state index in [9.17, 15) is 0 Å². The molecule has 0 N–H and O–H groups in total. The summed E-state index contributed by atoms with van der Waals surface area (Å²) < 4.78 is 0. The Balaban J connectivity index is 2.60. The lowest BCUT2D eigenvalue weighted by atomic mass is 10.0. The fraction of sp³-hybridized carbons (Fsp3) is 0.500. The molecule has 0 aliphatic carbocycles. The van der Waals surface area contributed by atoms with E-state index in [2.05, 4.69) is 36.8 Å². The van der Waals surface area contributed by atoms with Gasteiger partial charge in [0.25, 0.3) is 0 Å². The number of hydrogen-bond acceptors (Lipinski definition) is 2. The fourth-order valence-electron chi connectivity index (χ4n) is 1.47. The third kappa shape index (κ3) is 3.97. The molecule has 0 saturated heterocycles. The Morgan fingerprint density at radius 2 is 1.29 bits per heavy atom. The normalized spacial score (nSPS) is 10.4. The van der Waals surface area contributed by atoms with E-state index in [1.165, 1.54) is 35.5 Å². The summed E-state index contributed by atoms with van der Waals surface area (Å²) in [6, 6.07) is 8.84. The van der Waals surface area contributed by atoms with Crippen LogP contribution < -0.4 is 0 Å². The zero-order chi connectivity index (χ0) is 10.2. The summed E-state index contributed by atoms with van der Waals surface area (Å²) in [6.45, 7) is 0. The van der Waals surface area contributed by atoms with Gasteiger partial charge in [-0.1, -0.05) is 24.3 Å². The summed E-state index contributed by atoms with van der Waals surface area (Å²) in [5.41, 5.74) is 3.08. The van der Waals surface area contributed by atoms with Crippen molar-refractivity contribution in [3.05, 3.63) is 35.4 Å². The van der Waals surface area contributed by atoms with Crippen LogP contribution in [0.25, 0.3) is 0 Å². The van der Waals surface area contributed by atoms with Gasteiger partial charge in [-0.25, -0.2) is 0 Å². The number of aryl methyl sites for hydroxylation is 2. The highest BCUT2D eigenvalue weighted by atomic mass is 32.2. The first-order chi connectivity index (χ1) is 6.88. The van der Waals surface area contributed by atoms with Gasteiger partial charge in [-0.15, -0.1) is 0 Å². The Bertz CT molecular complexity index is 231. The predicted octanol–water partition coefficient (Wildman–Crippen LogP) is 3.50. The van der Waals surface area contributed by atoms with E-state index in [1.54, 1.807) is 0 Å². The van der Waals surface area contributed by atoms with Crippen LogP contribution >= 0.6 is 23.5 Å². The molecule has 0 spiro atoms. The first kappa shape index (κ1) is 12.0. The summed E-state index contributed by atoms with van der Waals surface area (Å²) in [7, 11) is 0. The molecule has 0 unspecified atom stereocenters. The maximum absolute atomic E-state index is 2.27. The molecule has 1 aromatic rings. The van der Waals surface area contributed by atoms with Crippen molar-refractivity contribution >= 4 is 23.5 Å². The van der Waals surface area contributed by atoms with Crippen molar-refractivity contribution in [1.82, 2.24) is 0 Å². The van der Waals surface area contributed by atoms with Crippen LogP contribution in [0.5, 0.6) is 0 Å². The van der Waals surface area contributed by atoms with E-state index in [4.69, 9.17) is 0 Å². The molecule has 14 heavy (non-hydrogen) atoms. The van der Waals surface area contributed by atoms with E-state index in [1.807, 2.05) is 23.5 Å². The van der Waals surface area contributed by atoms with E-state index < -0.39 is 0 Å². The highest BCUT2D eigenvalue weighted by Gasteiger charge is 2.00. The Labute approximate surface area is 95.9 Å². The zero-order valence-electron chi connectivity index (χ0n) is 8.95. The molecule has 0 aliphatic heterocycles. The van der Waals surface area contributed by atoms with Crippen LogP contribution in [0, 0.1) is 0 Å². The molecule has 0 aliphatic rings. The van der Waals surface area contributed by atoms with E-state index in [-0.39, 0.29) is 0 Å². The van der Waals surface area contributed by atoms with Gasteiger partial charge in [0.15, 0.2) is 0 Å². The largest absolute Gasteiger partial charge is 0.165 e. The lowest BCUT2D eigenvalue weighted by Crippen LogP contribution is -1.97. The van der Waals surface area contributed by atoms with Crippen molar-refractivity contribution in [3.63, 3.8) is 0 Å². The molecule has 78 valence electrons. The predicted molar refractivity (Wildman–Crippen MR) is 70.6 cm³/mol. The van der Waals surface area contributed by atoms with Crippen molar-refractivity contribution in [2.24, 2.45) is 0 Å². The molecule has 0 radical (unpaired) electrons. The van der Waals surface area contributed by atoms with Gasteiger partial charge >= 0.3 is 0 Å². The second-order valence-electron chi connectivity index (χ2n) is 3.25. The molecule has 0 fully saturated rings. The lowest BCUT2D eigenvalue weighted by Gasteiger charge is -2.07. The molecular formula is C12H18S2. The Kier molecular flexibility index (Phi) is 6.20. The van der Waals surface area contributed by atoms with Gasteiger partial charge in [0, 0.05) is 0 Å². The molecule has 0 saturated carbocycles. The van der Waals surface area contributed by atoms with Crippen LogP contribution in [0.2, 0.25) is 0 Å². The highest BCUT2D eigenvalue weighted by Crippen LogP contribution is 2.13. The monoisotopic (exact) mass is 226 g/mol. The average molecular weight is 226 g/mol. The van der Waals surface area contributed by atoms with Crippen LogP contribution in [0.15, 0.2) is 24.3 Å². The maximum Gasteiger partial charge on any atom is -0.00297 e. The Morgan fingerprint density at radius 1 is 0.857 bits per heavy atom. The van der Waals surface area contributed by atoms with Crippen molar-refractivity contribution < 1.29 is 0 Å². The molecule has 0 atom stereocenters. The summed E-state index contributed by atoms with van der Waals surface area (Å²) in [5.74, 6) is 2.46. The van der Waals surface area contributed by atoms with Gasteiger partial charge in [-0.3, -0.25) is 0 Å². The second kappa shape index (κ2) is 7.24. The Hall–Kier alpha value is -0.0800. The quantitative estimate of drug-likeness (QED) is 0.728. The van der Waals surface area contributed by atoms with Gasteiger partial charge in [0.2, 0.25) is 0 Å². The third-order valence-electron chi connectivity index (χ3n) is 2.27. The third-order valence-corrected chi connectivity index (χ3v) is 3.49. The van der Waals surface area contributed by atoms with Gasteiger partial charge in [0.1, 0.15) is 0 Å². The standard InChI is InChI=1S/C12H18S2/c1-13-9-7-11-5-3-4-6-12(11)8-10-14-2/h3-6H,7-10H2,1-2H3. The molecule has 0 nitrogen and oxygen atoms in total. The molecule has 1 aromatic carbocycles. The zero-order valence-corrected chi connectivity index (χ0v) is 10.6. The van der Waals surface area contributed by atoms with E-state index >= 15 is 0 Å². The first-order valence-corrected chi connectivity index (χ1v) is 7.72. The van der Waals surface area contributed by atoms with Gasteiger partial charge < -0.3 is 0 Å². The maximum atomic E-state index is 2.27. The molecule has 0 amide bonds. The second-order valence-corrected chi connectivity index (χ2v) is 5.23. The van der Waals surface area contributed by atoms with Crippen molar-refractivity contribution in [2.45, 2.75) is 12.8 Å². The van der Waals surface area contributed by atoms with Gasteiger partial charge in [-0.2, -0.15) is 23.5 Å². The number of rotatable bonds is 6. The molecular weight excluding hydrogens is 208 g/mol. The van der Waals surface area contributed by atoms with Crippen LogP contribution in [0.3, 0.4) is 0 Å². The van der Waals surface area contributed by atoms with Crippen LogP contribution in [-0.2, 0) is 12.8 Å². The SMILES string of the molecule is CSCCc1ccccc1CCSC. The molecule has 0 heterocycles. The molecule has 2 heteroatoms. The summed E-state index contributed by atoms with van der Waals surface area (Å²) in [6.07, 6.45) is 6.77. The summed E-state index contributed by atoms with van der Waals surface area (Å²) in [5, 5.41) is 0. The van der Waals surface area contributed by atoms with E-state index in [0.29, 0.717) is 0 Å². The van der Waals surface area contributed by atoms with Crippen LogP contribution in [0.4, 0.5) is 0 Å². The van der Waals surface area contributed by atoms with Gasteiger partial charge in [0.05, 0.1) is 0 Å². The molecule has 0 bridgehead atoms. The number of benzene rings is 1. The van der Waals surface area contributed by atoms with Crippen molar-refractivity contribution in [3.8, 4) is 0 Å². The van der Waals surface area contributed by atoms with Crippen molar-refractivity contribution in [2.75, 3.05) is 24.0 Å². The minimum absolute atomic E-state index is 1.21. The average Bonchev–Trinajstić information content (AvgIpc) is 2.24. The number of thioether (sulfide) groups is 2. The van der Waals surface area contributed by atoms with Gasteiger partial charge in [-0.05, 0) is 48.0 Å². The minimum atomic E-state index is 1.21. The summed E-state index contributed by atoms with van der Waals surface area (Å²) >= 11 is 3.85. The minimum Gasteiger partial charge on any atom is -0.165 e. The highest BCUT2D eigenvalue weighted by molar-refractivity contribution is 7.98. The van der Waals surface area contributed by atoms with Crippen LogP contribution in [0.1, 0.15) is 11.1 Å². The summed E-state index contributed by atoms with van der Waals surface area (Å²) in [4.78, 5) is 0. The van der Waals surface area contributed by atoms with E-state index in [0.717, 1.165) is 0 Å². The molecule has 1 rings (SSSR count).